The maximum atomic E-state index is 10.2. The van der Waals surface area contributed by atoms with Crippen LogP contribution >= 0.6 is 23.5 Å². The standard InChI is InChI=1S/C11H14O2S2/c1-9-2-4-10(5-3-9)15-7-6-14-8-11(12)13/h2-5H,6-8H2,1H3,(H,12,13). The molecule has 0 fully saturated rings. The van der Waals surface area contributed by atoms with Crippen molar-refractivity contribution in [1.82, 2.24) is 0 Å². The lowest BCUT2D eigenvalue weighted by Crippen LogP contribution is -1.99. The molecule has 4 heteroatoms. The fraction of sp³-hybridized carbons (Fsp3) is 0.364. The largest absolute Gasteiger partial charge is 0.481 e. The van der Waals surface area contributed by atoms with Crippen LogP contribution in [0.4, 0.5) is 0 Å². The van der Waals surface area contributed by atoms with Crippen LogP contribution in [0, 0.1) is 6.92 Å². The van der Waals surface area contributed by atoms with Gasteiger partial charge in [-0.25, -0.2) is 0 Å². The molecule has 1 N–H and O–H groups in total. The van der Waals surface area contributed by atoms with Crippen LogP contribution < -0.4 is 0 Å². The van der Waals surface area contributed by atoms with E-state index in [1.165, 1.54) is 22.2 Å². The number of thioether (sulfide) groups is 2. The van der Waals surface area contributed by atoms with Crippen molar-refractivity contribution in [3.8, 4) is 0 Å². The molecule has 0 amide bonds. The first-order chi connectivity index (χ1) is 7.18. The fourth-order valence-corrected chi connectivity index (χ4v) is 2.70. The maximum absolute atomic E-state index is 10.2. The van der Waals surface area contributed by atoms with Gasteiger partial charge in [0.2, 0.25) is 0 Å². The van der Waals surface area contributed by atoms with Gasteiger partial charge in [-0.15, -0.1) is 23.5 Å². The Morgan fingerprint density at radius 1 is 1.27 bits per heavy atom. The SMILES string of the molecule is Cc1ccc(SCCSCC(=O)O)cc1. The number of hydrogen-bond acceptors (Lipinski definition) is 3. The van der Waals surface area contributed by atoms with Crippen molar-refractivity contribution in [2.45, 2.75) is 11.8 Å². The summed E-state index contributed by atoms with van der Waals surface area (Å²) >= 11 is 3.23. The number of carboxylic acids is 1. The summed E-state index contributed by atoms with van der Waals surface area (Å²) in [5.41, 5.74) is 1.26. The number of aliphatic carboxylic acids is 1. The zero-order valence-electron chi connectivity index (χ0n) is 8.60. The highest BCUT2D eigenvalue weighted by Crippen LogP contribution is 2.19. The Bertz CT molecular complexity index is 309. The van der Waals surface area contributed by atoms with E-state index in [-0.39, 0.29) is 5.75 Å². The highest BCUT2D eigenvalue weighted by molar-refractivity contribution is 8.03. The molecular weight excluding hydrogens is 228 g/mol. The van der Waals surface area contributed by atoms with Crippen molar-refractivity contribution in [3.63, 3.8) is 0 Å². The molecule has 82 valence electrons. The van der Waals surface area contributed by atoms with Gasteiger partial charge in [-0.05, 0) is 19.1 Å². The lowest BCUT2D eigenvalue weighted by atomic mass is 10.2. The molecule has 0 bridgehead atoms. The molecule has 0 aliphatic carbocycles. The minimum atomic E-state index is -0.736. The molecule has 0 aliphatic heterocycles. The van der Waals surface area contributed by atoms with Crippen LogP contribution in [-0.4, -0.2) is 28.3 Å². The molecule has 0 spiro atoms. The van der Waals surface area contributed by atoms with Crippen LogP contribution in [0.3, 0.4) is 0 Å². The second-order valence-electron chi connectivity index (χ2n) is 3.11. The molecule has 0 unspecified atom stereocenters. The maximum Gasteiger partial charge on any atom is 0.313 e. The third-order valence-corrected chi connectivity index (χ3v) is 3.96. The van der Waals surface area contributed by atoms with Crippen LogP contribution in [0.15, 0.2) is 29.2 Å². The van der Waals surface area contributed by atoms with E-state index in [1.807, 2.05) is 0 Å². The van der Waals surface area contributed by atoms with Gasteiger partial charge in [0.1, 0.15) is 0 Å². The molecule has 0 saturated carbocycles. The van der Waals surface area contributed by atoms with Gasteiger partial charge in [0.15, 0.2) is 0 Å². The molecule has 0 aromatic heterocycles. The van der Waals surface area contributed by atoms with E-state index >= 15 is 0 Å². The Balaban J connectivity index is 2.15. The van der Waals surface area contributed by atoms with Gasteiger partial charge >= 0.3 is 5.97 Å². The van der Waals surface area contributed by atoms with Crippen LogP contribution in [-0.2, 0) is 4.79 Å². The second kappa shape index (κ2) is 6.80. The molecule has 0 saturated heterocycles. The highest BCUT2D eigenvalue weighted by Gasteiger charge is 1.97. The number of carboxylic acid groups (broad SMARTS) is 1. The van der Waals surface area contributed by atoms with Gasteiger partial charge < -0.3 is 5.11 Å². The Labute approximate surface area is 98.5 Å². The summed E-state index contributed by atoms with van der Waals surface area (Å²) in [7, 11) is 0. The second-order valence-corrected chi connectivity index (χ2v) is 5.38. The van der Waals surface area contributed by atoms with Crippen LogP contribution in [0.1, 0.15) is 5.56 Å². The average molecular weight is 242 g/mol. The topological polar surface area (TPSA) is 37.3 Å². The van der Waals surface area contributed by atoms with Crippen LogP contribution in [0.25, 0.3) is 0 Å². The van der Waals surface area contributed by atoms with Crippen molar-refractivity contribution in [1.29, 1.82) is 0 Å². The van der Waals surface area contributed by atoms with E-state index in [4.69, 9.17) is 5.11 Å². The third-order valence-electron chi connectivity index (χ3n) is 1.74. The van der Waals surface area contributed by atoms with Gasteiger partial charge in [-0.2, -0.15) is 0 Å². The van der Waals surface area contributed by atoms with Crippen molar-refractivity contribution < 1.29 is 9.90 Å². The molecule has 0 aliphatic rings. The van der Waals surface area contributed by atoms with Crippen molar-refractivity contribution in [2.75, 3.05) is 17.3 Å². The van der Waals surface area contributed by atoms with Gasteiger partial charge in [0, 0.05) is 16.4 Å². The quantitative estimate of drug-likeness (QED) is 0.615. The first kappa shape index (κ1) is 12.5. The van der Waals surface area contributed by atoms with E-state index in [0.29, 0.717) is 0 Å². The van der Waals surface area contributed by atoms with Crippen molar-refractivity contribution >= 4 is 29.5 Å². The summed E-state index contributed by atoms with van der Waals surface area (Å²) in [6.07, 6.45) is 0. The Morgan fingerprint density at radius 2 is 1.93 bits per heavy atom. The number of benzene rings is 1. The van der Waals surface area contributed by atoms with E-state index < -0.39 is 5.97 Å². The van der Waals surface area contributed by atoms with Gasteiger partial charge in [-0.3, -0.25) is 4.79 Å². The summed E-state index contributed by atoms with van der Waals surface area (Å²) in [6.45, 7) is 2.07. The molecule has 0 radical (unpaired) electrons. The van der Waals surface area contributed by atoms with E-state index in [9.17, 15) is 4.79 Å². The van der Waals surface area contributed by atoms with E-state index in [0.717, 1.165) is 11.5 Å². The predicted octanol–water partition coefficient (Wildman–Crippen LogP) is 2.90. The Hall–Kier alpha value is -0.610. The molecule has 1 rings (SSSR count). The van der Waals surface area contributed by atoms with E-state index in [2.05, 4.69) is 31.2 Å². The molecule has 15 heavy (non-hydrogen) atoms. The summed E-state index contributed by atoms with van der Waals surface area (Å²) in [5.74, 6) is 1.31. The fourth-order valence-electron chi connectivity index (χ4n) is 1.01. The van der Waals surface area contributed by atoms with Gasteiger partial charge in [0.25, 0.3) is 0 Å². The zero-order chi connectivity index (χ0) is 11.1. The van der Waals surface area contributed by atoms with Crippen LogP contribution in [0.2, 0.25) is 0 Å². The summed E-state index contributed by atoms with van der Waals surface area (Å²) < 4.78 is 0. The number of hydrogen-bond donors (Lipinski definition) is 1. The molecular formula is C11H14O2S2. The lowest BCUT2D eigenvalue weighted by Gasteiger charge is -2.01. The molecule has 2 nitrogen and oxygen atoms in total. The van der Waals surface area contributed by atoms with Crippen molar-refractivity contribution in [2.24, 2.45) is 0 Å². The predicted molar refractivity (Wildman–Crippen MR) is 66.9 cm³/mol. The average Bonchev–Trinajstić information content (AvgIpc) is 2.20. The summed E-state index contributed by atoms with van der Waals surface area (Å²) in [6, 6.07) is 8.38. The number of rotatable bonds is 6. The zero-order valence-corrected chi connectivity index (χ0v) is 10.2. The minimum absolute atomic E-state index is 0.203. The molecule has 0 heterocycles. The molecule has 0 atom stereocenters. The first-order valence-corrected chi connectivity index (χ1v) is 6.81. The smallest absolute Gasteiger partial charge is 0.313 e. The Morgan fingerprint density at radius 3 is 2.53 bits per heavy atom. The first-order valence-electron chi connectivity index (χ1n) is 4.67. The molecule has 1 aromatic rings. The van der Waals surface area contributed by atoms with E-state index in [1.54, 1.807) is 11.8 Å². The number of carbonyl (C=O) groups is 1. The van der Waals surface area contributed by atoms with Gasteiger partial charge in [-0.1, -0.05) is 17.7 Å². The third kappa shape index (κ3) is 5.74. The monoisotopic (exact) mass is 242 g/mol. The van der Waals surface area contributed by atoms with Crippen LogP contribution in [0.5, 0.6) is 0 Å². The van der Waals surface area contributed by atoms with Crippen molar-refractivity contribution in [3.05, 3.63) is 29.8 Å². The lowest BCUT2D eigenvalue weighted by molar-refractivity contribution is -0.133. The van der Waals surface area contributed by atoms with Gasteiger partial charge in [0.05, 0.1) is 5.75 Å². The number of aryl methyl sites for hydroxylation is 1. The normalized spacial score (nSPS) is 10.2. The summed E-state index contributed by atoms with van der Waals surface area (Å²) in [4.78, 5) is 11.5. The minimum Gasteiger partial charge on any atom is -0.481 e. The molecule has 1 aromatic carbocycles. The highest BCUT2D eigenvalue weighted by atomic mass is 32.2. The summed E-state index contributed by atoms with van der Waals surface area (Å²) in [5, 5.41) is 8.43. The Kier molecular flexibility index (Phi) is 5.65.